The van der Waals surface area contributed by atoms with Crippen LogP contribution in [-0.4, -0.2) is 26.2 Å². The monoisotopic (exact) mass is 1220 g/mol. The predicted octanol–water partition coefficient (Wildman–Crippen LogP) is 20.3. The lowest BCUT2D eigenvalue weighted by Crippen LogP contribution is -2.61. The number of aromatic nitrogens is 4. The zero-order valence-electron chi connectivity index (χ0n) is 52.0. The molecule has 0 aliphatic carbocycles. The molecule has 0 saturated carbocycles. The zero-order chi connectivity index (χ0) is 63.6. The minimum atomic E-state index is -0.106. The molecule has 2 aromatic heterocycles. The van der Waals surface area contributed by atoms with Crippen molar-refractivity contribution >= 4 is 79.0 Å². The van der Waals surface area contributed by atoms with Gasteiger partial charge in [-0.25, -0.2) is 15.0 Å². The maximum atomic E-state index is 10.8. The van der Waals surface area contributed by atoms with Gasteiger partial charge in [-0.2, -0.15) is 5.26 Å². The molecule has 96 heavy (non-hydrogen) atoms. The molecule has 0 amide bonds. The van der Waals surface area contributed by atoms with Crippen molar-refractivity contribution < 1.29 is 0 Å². The molecule has 0 saturated heterocycles. The first-order valence-electron chi connectivity index (χ1n) is 32.5. The number of hydrogen-bond acceptors (Lipinski definition) is 6. The molecule has 0 bridgehead atoms. The minimum Gasteiger partial charge on any atom is -0.311 e. The molecule has 0 radical (unpaired) electrons. The molecule has 14 aromatic carbocycles. The Bertz CT molecular complexity index is 5360. The van der Waals surface area contributed by atoms with Crippen molar-refractivity contribution in [3.8, 4) is 102 Å². The SMILES string of the molecule is N#Cc1ccc(-n2c3ccccc3c3cc(-c4cc5c6c(c4)N(c4cc(-c7ccccc7)cc(-c7ccccc7)c4)c4ccccc4B6c4ccccc4N5c4cc(-c5ccccc5)cc(-c5ccccc5)c4)ccc32)cc1-c1nc(-c2ccccc2)nc(-c2ccccc2)n1. The lowest BCUT2D eigenvalue weighted by Gasteiger charge is -2.44. The summed E-state index contributed by atoms with van der Waals surface area (Å²) in [4.78, 5) is 20.3. The third kappa shape index (κ3) is 9.64. The van der Waals surface area contributed by atoms with Gasteiger partial charge >= 0.3 is 0 Å². The van der Waals surface area contributed by atoms with Crippen LogP contribution in [0.4, 0.5) is 34.1 Å². The molecule has 4 heterocycles. The van der Waals surface area contributed by atoms with Crippen molar-refractivity contribution in [3.63, 3.8) is 0 Å². The topological polar surface area (TPSA) is 73.9 Å². The first-order valence-corrected chi connectivity index (χ1v) is 32.5. The first-order chi connectivity index (χ1) is 47.5. The van der Waals surface area contributed by atoms with E-state index < -0.39 is 0 Å². The second-order valence-corrected chi connectivity index (χ2v) is 24.6. The summed E-state index contributed by atoms with van der Waals surface area (Å²) in [5.74, 6) is 1.47. The van der Waals surface area contributed by atoms with E-state index in [4.69, 9.17) is 15.0 Å². The van der Waals surface area contributed by atoms with Gasteiger partial charge in [0.15, 0.2) is 17.5 Å². The van der Waals surface area contributed by atoms with E-state index in [0.717, 1.165) is 128 Å². The number of para-hydroxylation sites is 3. The van der Waals surface area contributed by atoms with Crippen LogP contribution in [0.1, 0.15) is 5.56 Å². The summed E-state index contributed by atoms with van der Waals surface area (Å²) in [7, 11) is 0. The molecule has 0 unspecified atom stereocenters. The van der Waals surface area contributed by atoms with E-state index in [2.05, 4.69) is 287 Å². The van der Waals surface area contributed by atoms with Gasteiger partial charge in [0.1, 0.15) is 0 Å². The van der Waals surface area contributed by atoms with Crippen molar-refractivity contribution in [1.29, 1.82) is 5.26 Å². The lowest BCUT2D eigenvalue weighted by atomic mass is 9.33. The number of benzene rings is 14. The van der Waals surface area contributed by atoms with Crippen LogP contribution in [0.25, 0.3) is 117 Å². The Hall–Kier alpha value is -13.0. The Morgan fingerprint density at radius 1 is 0.271 bits per heavy atom. The molecule has 2 aliphatic heterocycles. The Morgan fingerprint density at radius 2 is 0.667 bits per heavy atom. The summed E-state index contributed by atoms with van der Waals surface area (Å²) in [5.41, 5.74) is 27.3. The molecular formula is C88H56BN7. The highest BCUT2D eigenvalue weighted by atomic mass is 15.2. The summed E-state index contributed by atoms with van der Waals surface area (Å²) in [6.07, 6.45) is 0. The quantitative estimate of drug-likeness (QED) is 0.120. The number of fused-ring (bicyclic) bond motifs is 7. The average molecular weight is 1220 g/mol. The normalized spacial score (nSPS) is 12.1. The zero-order valence-corrected chi connectivity index (χ0v) is 52.0. The number of nitrogens with zero attached hydrogens (tertiary/aromatic N) is 7. The maximum Gasteiger partial charge on any atom is 0.252 e. The highest BCUT2D eigenvalue weighted by Gasteiger charge is 2.44. The van der Waals surface area contributed by atoms with Gasteiger partial charge in [-0.05, 0) is 169 Å². The van der Waals surface area contributed by atoms with E-state index in [9.17, 15) is 5.26 Å². The second kappa shape index (κ2) is 23.3. The largest absolute Gasteiger partial charge is 0.311 e. The summed E-state index contributed by atoms with van der Waals surface area (Å²) < 4.78 is 2.31. The van der Waals surface area contributed by atoms with Crippen LogP contribution < -0.4 is 26.2 Å². The summed E-state index contributed by atoms with van der Waals surface area (Å²) in [6.45, 7) is -0.106. The number of anilines is 6. The molecule has 0 atom stereocenters. The number of hydrogen-bond donors (Lipinski definition) is 0. The van der Waals surface area contributed by atoms with Gasteiger partial charge in [-0.3, -0.25) is 0 Å². The van der Waals surface area contributed by atoms with Gasteiger partial charge in [0.05, 0.1) is 22.7 Å². The fourth-order valence-corrected chi connectivity index (χ4v) is 14.6. The molecule has 7 nitrogen and oxygen atoms in total. The highest BCUT2D eigenvalue weighted by Crippen LogP contribution is 2.49. The fourth-order valence-electron chi connectivity index (χ4n) is 14.6. The lowest BCUT2D eigenvalue weighted by molar-refractivity contribution is 1.07. The smallest absolute Gasteiger partial charge is 0.252 e. The maximum absolute atomic E-state index is 10.8. The molecule has 16 aromatic rings. The standard InChI is InChI=1S/C88H56BN7/c90-57-65-43-45-71(56-75(65)88-92-86(62-33-15-5-16-34-62)91-87(93-88)63-35-17-6-18-36-63)94-79-40-22-19-37-74(79)76-53-64(44-46-80(76)94)70-54-83-85-84(55-70)96(73-51-68(60-29-11-3-12-30-60)48-69(52-73)61-31-13-4-14-32-61)82-42-24-21-39-78(82)89(85)77-38-20-23-41-81(77)95(83)72-49-66(58-25-7-1-8-26-58)47-67(50-72)59-27-9-2-10-28-59/h1-56H. The van der Waals surface area contributed by atoms with Crippen molar-refractivity contribution in [2.24, 2.45) is 0 Å². The minimum absolute atomic E-state index is 0.106. The van der Waals surface area contributed by atoms with Gasteiger partial charge in [-0.1, -0.05) is 243 Å². The van der Waals surface area contributed by atoms with E-state index in [1.807, 2.05) is 72.8 Å². The summed E-state index contributed by atoms with van der Waals surface area (Å²) >= 11 is 0. The number of rotatable bonds is 11. The Morgan fingerprint density at radius 3 is 1.14 bits per heavy atom. The molecule has 8 heteroatoms. The van der Waals surface area contributed by atoms with Crippen molar-refractivity contribution in [3.05, 3.63) is 345 Å². The first kappa shape index (κ1) is 55.9. The van der Waals surface area contributed by atoms with Crippen LogP contribution in [0.5, 0.6) is 0 Å². The summed E-state index contributed by atoms with van der Waals surface area (Å²) in [5, 5.41) is 13.0. The highest BCUT2D eigenvalue weighted by molar-refractivity contribution is 7.00. The van der Waals surface area contributed by atoms with Crippen LogP contribution in [0.3, 0.4) is 0 Å². The van der Waals surface area contributed by atoms with Gasteiger partial charge in [0, 0.05) is 67.3 Å². The molecular weight excluding hydrogens is 1170 g/mol. The van der Waals surface area contributed by atoms with E-state index >= 15 is 0 Å². The third-order valence-corrected chi connectivity index (χ3v) is 19.0. The predicted molar refractivity (Wildman–Crippen MR) is 396 cm³/mol. The second-order valence-electron chi connectivity index (χ2n) is 24.6. The van der Waals surface area contributed by atoms with Gasteiger partial charge in [0.25, 0.3) is 6.71 Å². The van der Waals surface area contributed by atoms with Crippen molar-refractivity contribution in [2.75, 3.05) is 9.80 Å². The van der Waals surface area contributed by atoms with Gasteiger partial charge < -0.3 is 14.4 Å². The van der Waals surface area contributed by atoms with E-state index in [1.54, 1.807) is 0 Å². The summed E-state index contributed by atoms with van der Waals surface area (Å²) in [6, 6.07) is 124. The number of nitriles is 1. The van der Waals surface area contributed by atoms with Crippen LogP contribution in [0.2, 0.25) is 0 Å². The van der Waals surface area contributed by atoms with E-state index in [1.165, 1.54) is 16.4 Å². The molecule has 0 N–H and O–H groups in total. The molecule has 18 rings (SSSR count). The van der Waals surface area contributed by atoms with Crippen LogP contribution >= 0.6 is 0 Å². The van der Waals surface area contributed by atoms with Crippen LogP contribution in [0, 0.1) is 11.3 Å². The van der Waals surface area contributed by atoms with Gasteiger partial charge in [0.2, 0.25) is 0 Å². The van der Waals surface area contributed by atoms with Gasteiger partial charge in [-0.15, -0.1) is 0 Å². The molecule has 2 aliphatic rings. The van der Waals surface area contributed by atoms with Crippen LogP contribution in [0.15, 0.2) is 340 Å². The van der Waals surface area contributed by atoms with Crippen molar-refractivity contribution in [1.82, 2.24) is 19.5 Å². The average Bonchev–Trinajstić information content (AvgIpc) is 0.816. The fraction of sp³-hybridized carbons (Fsp3) is 0. The van der Waals surface area contributed by atoms with Crippen LogP contribution in [-0.2, 0) is 0 Å². The Kier molecular flexibility index (Phi) is 13.6. The molecule has 0 fully saturated rings. The third-order valence-electron chi connectivity index (χ3n) is 19.0. The Balaban J connectivity index is 0.880. The van der Waals surface area contributed by atoms with E-state index in [0.29, 0.717) is 28.6 Å². The van der Waals surface area contributed by atoms with Crippen molar-refractivity contribution in [2.45, 2.75) is 0 Å². The molecule has 446 valence electrons. The Labute approximate surface area is 557 Å². The van der Waals surface area contributed by atoms with E-state index in [-0.39, 0.29) is 6.71 Å². The molecule has 0 spiro atoms.